The highest BCUT2D eigenvalue weighted by Crippen LogP contribution is 2.31. The van der Waals surface area contributed by atoms with Gasteiger partial charge in [-0.3, -0.25) is 0 Å². The zero-order valence-corrected chi connectivity index (χ0v) is 24.7. The van der Waals surface area contributed by atoms with Crippen molar-refractivity contribution in [2.45, 2.75) is 41.5 Å². The average Bonchev–Trinajstić information content (AvgIpc) is 3.38. The highest BCUT2D eigenvalue weighted by atomic mass is 15.0. The van der Waals surface area contributed by atoms with Crippen LogP contribution in [0, 0.1) is 27.7 Å². The first-order chi connectivity index (χ1) is 19.4. The Bertz CT molecular complexity index is 1620. The summed E-state index contributed by atoms with van der Waals surface area (Å²) in [5.74, 6) is 0. The van der Waals surface area contributed by atoms with Crippen LogP contribution < -0.4 is 0 Å². The molecule has 0 aliphatic carbocycles. The van der Waals surface area contributed by atoms with Crippen molar-refractivity contribution in [1.82, 2.24) is 9.13 Å². The number of allylic oxidation sites excluding steroid dienone is 2. The molecule has 2 aromatic heterocycles. The fourth-order valence-corrected chi connectivity index (χ4v) is 5.33. The molecule has 0 aliphatic heterocycles. The summed E-state index contributed by atoms with van der Waals surface area (Å²) in [5.41, 5.74) is 12.7. The first-order valence-electron chi connectivity index (χ1n) is 13.9. The van der Waals surface area contributed by atoms with Crippen molar-refractivity contribution in [2.75, 3.05) is 0 Å². The second kappa shape index (κ2) is 12.5. The van der Waals surface area contributed by atoms with E-state index in [1.54, 1.807) is 12.2 Å². The van der Waals surface area contributed by atoms with E-state index in [1.807, 2.05) is 13.8 Å². The van der Waals surface area contributed by atoms with Crippen LogP contribution in [-0.2, 0) is 0 Å². The van der Waals surface area contributed by atoms with E-state index in [9.17, 15) is 0 Å². The number of aryl methyl sites for hydroxylation is 2. The van der Waals surface area contributed by atoms with E-state index in [1.165, 1.54) is 66.8 Å². The molecule has 0 spiro atoms. The minimum absolute atomic E-state index is 1.20. The standard InChI is InChI=1S/C32H28N2.2C3H6/c1-21-23(3)33(31-11-7-5-9-29(21)31)27-17-13-25(14-18-27)26-15-19-28(20-16-26)34-24(4)22(2)30-10-6-8-12-32(30)34;2*1-3-2/h5-20H,1-4H3;2*3H,1H2,2H3. The van der Waals surface area contributed by atoms with E-state index in [0.29, 0.717) is 0 Å². The third-order valence-electron chi connectivity index (χ3n) is 7.44. The topological polar surface area (TPSA) is 9.86 Å². The molecule has 202 valence electrons. The number of rotatable bonds is 3. The van der Waals surface area contributed by atoms with E-state index in [-0.39, 0.29) is 0 Å². The Hall–Kier alpha value is -4.56. The van der Waals surface area contributed by atoms with E-state index in [2.05, 4.69) is 147 Å². The Morgan fingerprint density at radius 1 is 0.475 bits per heavy atom. The lowest BCUT2D eigenvalue weighted by Crippen LogP contribution is -1.97. The van der Waals surface area contributed by atoms with Crippen molar-refractivity contribution in [3.8, 4) is 22.5 Å². The molecule has 2 nitrogen and oxygen atoms in total. The van der Waals surface area contributed by atoms with Crippen molar-refractivity contribution < 1.29 is 0 Å². The maximum atomic E-state index is 3.36. The molecule has 4 aromatic carbocycles. The Morgan fingerprint density at radius 3 is 1.10 bits per heavy atom. The van der Waals surface area contributed by atoms with Crippen LogP contribution >= 0.6 is 0 Å². The number of benzene rings is 4. The van der Waals surface area contributed by atoms with E-state index >= 15 is 0 Å². The molecule has 0 aliphatic rings. The monoisotopic (exact) mass is 524 g/mol. The van der Waals surface area contributed by atoms with Crippen LogP contribution in [0.1, 0.15) is 36.4 Å². The van der Waals surface area contributed by atoms with Crippen LogP contribution in [0.2, 0.25) is 0 Å². The van der Waals surface area contributed by atoms with Crippen molar-refractivity contribution in [3.05, 3.63) is 145 Å². The zero-order valence-electron chi connectivity index (χ0n) is 24.7. The van der Waals surface area contributed by atoms with Crippen molar-refractivity contribution >= 4 is 21.8 Å². The summed E-state index contributed by atoms with van der Waals surface area (Å²) in [4.78, 5) is 0. The molecule has 0 N–H and O–H groups in total. The normalized spacial score (nSPS) is 10.4. The quantitative estimate of drug-likeness (QED) is 0.204. The molecule has 0 unspecified atom stereocenters. The molecule has 0 saturated heterocycles. The molecule has 6 rings (SSSR count). The van der Waals surface area contributed by atoms with Gasteiger partial charge in [0.25, 0.3) is 0 Å². The van der Waals surface area contributed by atoms with Crippen LogP contribution in [0.5, 0.6) is 0 Å². The largest absolute Gasteiger partial charge is 0.314 e. The summed E-state index contributed by atoms with van der Waals surface area (Å²) < 4.78 is 4.72. The Morgan fingerprint density at radius 2 is 0.775 bits per heavy atom. The lowest BCUT2D eigenvalue weighted by Gasteiger charge is -2.12. The van der Waals surface area contributed by atoms with Gasteiger partial charge in [0, 0.05) is 33.5 Å². The average molecular weight is 525 g/mol. The summed E-state index contributed by atoms with van der Waals surface area (Å²) >= 11 is 0. The Labute approximate surface area is 239 Å². The van der Waals surface area contributed by atoms with Crippen LogP contribution in [0.15, 0.2) is 122 Å². The van der Waals surface area contributed by atoms with Crippen LogP contribution in [0.25, 0.3) is 44.3 Å². The number of hydrogen-bond acceptors (Lipinski definition) is 0. The fraction of sp³-hybridized carbons (Fsp3) is 0.158. The van der Waals surface area contributed by atoms with Gasteiger partial charge in [-0.15, -0.1) is 13.2 Å². The second-order valence-corrected chi connectivity index (χ2v) is 10.0. The van der Waals surface area contributed by atoms with Gasteiger partial charge in [-0.1, -0.05) is 72.8 Å². The van der Waals surface area contributed by atoms with Crippen molar-refractivity contribution in [3.63, 3.8) is 0 Å². The first kappa shape index (κ1) is 28.4. The SMILES string of the molecule is C=CC.C=CC.Cc1c(C)n(-c2ccc(-c3ccc(-n4c(C)c(C)c5ccccc54)cc3)cc2)c2ccccc12. The molecule has 0 fully saturated rings. The van der Waals surface area contributed by atoms with Gasteiger partial charge in [0.15, 0.2) is 0 Å². The molecule has 2 heterocycles. The number of para-hydroxylation sites is 2. The number of nitrogens with zero attached hydrogens (tertiary/aromatic N) is 2. The zero-order chi connectivity index (χ0) is 28.8. The van der Waals surface area contributed by atoms with Crippen LogP contribution in [0.4, 0.5) is 0 Å². The lowest BCUT2D eigenvalue weighted by atomic mass is 10.0. The van der Waals surface area contributed by atoms with Gasteiger partial charge in [0.2, 0.25) is 0 Å². The molecule has 40 heavy (non-hydrogen) atoms. The number of fused-ring (bicyclic) bond motifs is 2. The molecular weight excluding hydrogens is 484 g/mol. The molecule has 0 bridgehead atoms. The molecule has 2 heteroatoms. The van der Waals surface area contributed by atoms with E-state index < -0.39 is 0 Å². The summed E-state index contributed by atoms with van der Waals surface area (Å²) in [6, 6.07) is 35.1. The number of aromatic nitrogens is 2. The second-order valence-electron chi connectivity index (χ2n) is 10.0. The number of hydrogen-bond donors (Lipinski definition) is 0. The lowest BCUT2D eigenvalue weighted by molar-refractivity contribution is 1.04. The maximum Gasteiger partial charge on any atom is 0.0534 e. The highest BCUT2D eigenvalue weighted by Gasteiger charge is 2.13. The van der Waals surface area contributed by atoms with Crippen molar-refractivity contribution in [1.29, 1.82) is 0 Å². The predicted octanol–water partition coefficient (Wildman–Crippen LogP) is 10.9. The van der Waals surface area contributed by atoms with Crippen molar-refractivity contribution in [2.24, 2.45) is 0 Å². The molecule has 0 atom stereocenters. The summed E-state index contributed by atoms with van der Waals surface area (Å²) in [6.45, 7) is 19.3. The van der Waals surface area contributed by atoms with Crippen LogP contribution in [0.3, 0.4) is 0 Å². The fourth-order valence-electron chi connectivity index (χ4n) is 5.33. The van der Waals surface area contributed by atoms with Gasteiger partial charge in [0.1, 0.15) is 0 Å². The van der Waals surface area contributed by atoms with Gasteiger partial charge in [-0.05, 0) is 100 Å². The first-order valence-corrected chi connectivity index (χ1v) is 13.9. The minimum atomic E-state index is 1.20. The third-order valence-corrected chi connectivity index (χ3v) is 7.44. The molecule has 6 aromatic rings. The molecule has 0 saturated carbocycles. The van der Waals surface area contributed by atoms with Gasteiger partial charge in [-0.2, -0.15) is 0 Å². The highest BCUT2D eigenvalue weighted by molar-refractivity contribution is 5.88. The third kappa shape index (κ3) is 5.31. The maximum absolute atomic E-state index is 3.36. The summed E-state index contributed by atoms with van der Waals surface area (Å²) in [7, 11) is 0. The minimum Gasteiger partial charge on any atom is -0.314 e. The van der Waals surface area contributed by atoms with Crippen LogP contribution in [-0.4, -0.2) is 9.13 Å². The van der Waals surface area contributed by atoms with Gasteiger partial charge >= 0.3 is 0 Å². The smallest absolute Gasteiger partial charge is 0.0534 e. The van der Waals surface area contributed by atoms with E-state index in [0.717, 1.165) is 0 Å². The molecular formula is C38H40N2. The molecule has 0 amide bonds. The Kier molecular flexibility index (Phi) is 8.91. The van der Waals surface area contributed by atoms with Gasteiger partial charge in [-0.25, -0.2) is 0 Å². The summed E-state index contributed by atoms with van der Waals surface area (Å²) in [5, 5.41) is 2.64. The van der Waals surface area contributed by atoms with Gasteiger partial charge in [0.05, 0.1) is 11.0 Å². The predicted molar refractivity (Wildman–Crippen MR) is 176 cm³/mol. The van der Waals surface area contributed by atoms with Gasteiger partial charge < -0.3 is 9.13 Å². The molecule has 0 radical (unpaired) electrons. The summed E-state index contributed by atoms with van der Waals surface area (Å²) in [6.07, 6.45) is 3.50. The Balaban J connectivity index is 0.000000568. The van der Waals surface area contributed by atoms with E-state index in [4.69, 9.17) is 0 Å².